The molecule has 1 fully saturated rings. The van der Waals surface area contributed by atoms with E-state index >= 15 is 0 Å². The van der Waals surface area contributed by atoms with Crippen LogP contribution in [0.15, 0.2) is 17.1 Å². The number of hydrogen-bond donors (Lipinski definition) is 2. The van der Waals surface area contributed by atoms with Gasteiger partial charge in [-0.3, -0.25) is 4.99 Å². The topological polar surface area (TPSA) is 39.7 Å². The van der Waals surface area contributed by atoms with Gasteiger partial charge in [-0.2, -0.15) is 0 Å². The Labute approximate surface area is 126 Å². The van der Waals surface area contributed by atoms with Gasteiger partial charge in [-0.15, -0.1) is 11.3 Å². The molecule has 0 amide bonds. The van der Waals surface area contributed by atoms with E-state index in [4.69, 9.17) is 0 Å². The quantitative estimate of drug-likeness (QED) is 0.645. The Morgan fingerprint density at radius 1 is 1.45 bits per heavy atom. The second kappa shape index (κ2) is 7.64. The molecule has 5 heteroatoms. The van der Waals surface area contributed by atoms with Crippen molar-refractivity contribution in [3.05, 3.63) is 21.9 Å². The number of nitrogens with one attached hydrogen (secondary N) is 2. The maximum Gasteiger partial charge on any atom is 0.191 e. The van der Waals surface area contributed by atoms with Crippen molar-refractivity contribution in [3.8, 4) is 0 Å². The zero-order chi connectivity index (χ0) is 14.4. The van der Waals surface area contributed by atoms with Gasteiger partial charge in [0, 0.05) is 29.9 Å². The fraction of sp³-hybridized carbons (Fsp3) is 0.667. The van der Waals surface area contributed by atoms with E-state index in [1.165, 1.54) is 35.8 Å². The maximum atomic E-state index is 4.30. The maximum absolute atomic E-state index is 4.30. The summed E-state index contributed by atoms with van der Waals surface area (Å²) in [4.78, 5) is 9.51. The largest absolute Gasteiger partial charge is 0.356 e. The minimum Gasteiger partial charge on any atom is -0.356 e. The van der Waals surface area contributed by atoms with E-state index in [9.17, 15) is 0 Å². The molecule has 112 valence electrons. The van der Waals surface area contributed by atoms with Crippen LogP contribution in [0.2, 0.25) is 0 Å². The van der Waals surface area contributed by atoms with Crippen molar-refractivity contribution in [2.45, 2.75) is 26.8 Å². The average Bonchev–Trinajstić information content (AvgIpc) is 3.08. The summed E-state index contributed by atoms with van der Waals surface area (Å²) in [5.74, 6) is 1.66. The van der Waals surface area contributed by atoms with Crippen LogP contribution in [0.1, 0.15) is 23.1 Å². The third-order valence-corrected chi connectivity index (χ3v) is 4.83. The predicted molar refractivity (Wildman–Crippen MR) is 87.5 cm³/mol. The Kier molecular flexibility index (Phi) is 5.86. The smallest absolute Gasteiger partial charge is 0.191 e. The van der Waals surface area contributed by atoms with Gasteiger partial charge in [-0.1, -0.05) is 6.92 Å². The van der Waals surface area contributed by atoms with Gasteiger partial charge in [-0.25, -0.2) is 0 Å². The molecule has 0 bridgehead atoms. The van der Waals surface area contributed by atoms with Gasteiger partial charge < -0.3 is 15.5 Å². The van der Waals surface area contributed by atoms with Crippen LogP contribution in [-0.4, -0.2) is 44.1 Å². The van der Waals surface area contributed by atoms with Crippen molar-refractivity contribution in [2.24, 2.45) is 10.9 Å². The molecule has 1 aromatic heterocycles. The highest BCUT2D eigenvalue weighted by atomic mass is 32.1. The second-order valence-corrected chi connectivity index (χ2v) is 6.74. The zero-order valence-electron chi connectivity index (χ0n) is 12.8. The monoisotopic (exact) mass is 294 g/mol. The summed E-state index contributed by atoms with van der Waals surface area (Å²) in [5.41, 5.74) is 0. The lowest BCUT2D eigenvalue weighted by Crippen LogP contribution is -2.39. The molecule has 0 spiro atoms. The Morgan fingerprint density at radius 2 is 2.30 bits per heavy atom. The van der Waals surface area contributed by atoms with Crippen LogP contribution in [0.25, 0.3) is 0 Å². The third-order valence-electron chi connectivity index (χ3n) is 3.83. The molecular formula is C15H26N4S. The average molecular weight is 294 g/mol. The summed E-state index contributed by atoms with van der Waals surface area (Å²) >= 11 is 1.83. The second-order valence-electron chi connectivity index (χ2n) is 5.37. The summed E-state index contributed by atoms with van der Waals surface area (Å²) < 4.78 is 0. The van der Waals surface area contributed by atoms with E-state index in [2.05, 4.69) is 46.5 Å². The predicted octanol–water partition coefficient (Wildman–Crippen LogP) is 2.06. The first kappa shape index (κ1) is 15.3. The molecule has 1 unspecified atom stereocenters. The van der Waals surface area contributed by atoms with Gasteiger partial charge >= 0.3 is 0 Å². The lowest BCUT2D eigenvalue weighted by atomic mass is 10.1. The first-order valence-electron chi connectivity index (χ1n) is 7.43. The fourth-order valence-corrected chi connectivity index (χ4v) is 3.41. The molecule has 1 atom stereocenters. The molecule has 0 aliphatic carbocycles. The van der Waals surface area contributed by atoms with Crippen LogP contribution < -0.4 is 10.6 Å². The molecule has 1 aliphatic rings. The Hall–Kier alpha value is -1.07. The van der Waals surface area contributed by atoms with Crippen molar-refractivity contribution < 1.29 is 0 Å². The zero-order valence-corrected chi connectivity index (χ0v) is 13.6. The summed E-state index contributed by atoms with van der Waals surface area (Å²) in [6.45, 7) is 9.86. The van der Waals surface area contributed by atoms with E-state index in [0.717, 1.165) is 25.0 Å². The molecule has 0 radical (unpaired) electrons. The molecule has 1 aliphatic heterocycles. The molecule has 1 aromatic rings. The normalized spacial score (nSPS) is 20.4. The van der Waals surface area contributed by atoms with Crippen LogP contribution in [-0.2, 0) is 6.54 Å². The van der Waals surface area contributed by atoms with Crippen LogP contribution >= 0.6 is 11.3 Å². The first-order chi connectivity index (χ1) is 9.71. The Bertz CT molecular complexity index is 441. The number of hydrogen-bond acceptors (Lipinski definition) is 3. The van der Waals surface area contributed by atoms with Crippen LogP contribution in [0.5, 0.6) is 0 Å². The van der Waals surface area contributed by atoms with Crippen molar-refractivity contribution >= 4 is 17.3 Å². The standard InChI is InChI=1S/C15H26N4S/c1-4-19-8-7-13(11-19)9-17-15(16-3)18-10-14-6-5-12(2)20-14/h5-6,13H,4,7-11H2,1-3H3,(H2,16,17,18). The lowest BCUT2D eigenvalue weighted by molar-refractivity contribution is 0.342. The highest BCUT2D eigenvalue weighted by molar-refractivity contribution is 7.11. The summed E-state index contributed by atoms with van der Waals surface area (Å²) in [7, 11) is 1.84. The summed E-state index contributed by atoms with van der Waals surface area (Å²) in [6.07, 6.45) is 1.29. The highest BCUT2D eigenvalue weighted by Gasteiger charge is 2.20. The number of aryl methyl sites for hydroxylation is 1. The van der Waals surface area contributed by atoms with Gasteiger partial charge in [0.2, 0.25) is 0 Å². The minimum absolute atomic E-state index is 0.748. The SMILES string of the molecule is CCN1CCC(CNC(=NC)NCc2ccc(C)s2)C1. The number of aliphatic imine (C=N–C) groups is 1. The Morgan fingerprint density at radius 3 is 2.90 bits per heavy atom. The van der Waals surface area contributed by atoms with E-state index in [1.54, 1.807) is 0 Å². The molecule has 2 heterocycles. The van der Waals surface area contributed by atoms with Crippen molar-refractivity contribution in [3.63, 3.8) is 0 Å². The van der Waals surface area contributed by atoms with Crippen LogP contribution in [0.4, 0.5) is 0 Å². The van der Waals surface area contributed by atoms with Crippen LogP contribution in [0, 0.1) is 12.8 Å². The van der Waals surface area contributed by atoms with E-state index in [0.29, 0.717) is 0 Å². The number of nitrogens with zero attached hydrogens (tertiary/aromatic N) is 2. The number of likely N-dealkylation sites (tertiary alicyclic amines) is 1. The molecule has 1 saturated heterocycles. The molecule has 2 N–H and O–H groups in total. The summed E-state index contributed by atoms with van der Waals surface area (Å²) in [6, 6.07) is 4.34. The lowest BCUT2D eigenvalue weighted by Gasteiger charge is -2.16. The van der Waals surface area contributed by atoms with Gasteiger partial charge in [0.15, 0.2) is 5.96 Å². The van der Waals surface area contributed by atoms with E-state index in [1.807, 2.05) is 18.4 Å². The summed E-state index contributed by atoms with van der Waals surface area (Å²) in [5, 5.41) is 6.83. The number of rotatable bonds is 5. The Balaban J connectivity index is 1.70. The van der Waals surface area contributed by atoms with Gasteiger partial charge in [0.05, 0.1) is 6.54 Å². The highest BCUT2D eigenvalue weighted by Crippen LogP contribution is 2.15. The first-order valence-corrected chi connectivity index (χ1v) is 8.25. The molecular weight excluding hydrogens is 268 g/mol. The molecule has 4 nitrogen and oxygen atoms in total. The molecule has 20 heavy (non-hydrogen) atoms. The minimum atomic E-state index is 0.748. The van der Waals surface area contributed by atoms with E-state index in [-0.39, 0.29) is 0 Å². The molecule has 0 saturated carbocycles. The third kappa shape index (κ3) is 4.49. The molecule has 0 aromatic carbocycles. The number of thiophene rings is 1. The van der Waals surface area contributed by atoms with Gasteiger partial charge in [0.1, 0.15) is 0 Å². The van der Waals surface area contributed by atoms with Gasteiger partial charge in [-0.05, 0) is 44.5 Å². The number of guanidine groups is 1. The fourth-order valence-electron chi connectivity index (χ4n) is 2.58. The molecule has 2 rings (SSSR count). The van der Waals surface area contributed by atoms with E-state index < -0.39 is 0 Å². The van der Waals surface area contributed by atoms with Crippen molar-refractivity contribution in [1.29, 1.82) is 0 Å². The van der Waals surface area contributed by atoms with Crippen LogP contribution in [0.3, 0.4) is 0 Å². The van der Waals surface area contributed by atoms with Crippen molar-refractivity contribution in [1.82, 2.24) is 15.5 Å². The van der Waals surface area contributed by atoms with Gasteiger partial charge in [0.25, 0.3) is 0 Å². The van der Waals surface area contributed by atoms with Crippen molar-refractivity contribution in [2.75, 3.05) is 33.2 Å².